The van der Waals surface area contributed by atoms with E-state index >= 15 is 0 Å². The van der Waals surface area contributed by atoms with Crippen LogP contribution < -0.4 is 0 Å². The summed E-state index contributed by atoms with van der Waals surface area (Å²) < 4.78 is 5.11. The van der Waals surface area contributed by atoms with Crippen LogP contribution in [0.3, 0.4) is 0 Å². The number of fused-ring (bicyclic) bond motifs is 4. The summed E-state index contributed by atoms with van der Waals surface area (Å²) in [6, 6.07) is 41.7. The molecular weight excluding hydrogens is 665 g/mol. The van der Waals surface area contributed by atoms with E-state index in [-0.39, 0.29) is 6.04 Å². The van der Waals surface area contributed by atoms with Crippen molar-refractivity contribution in [3.63, 3.8) is 0 Å². The molecule has 0 saturated heterocycles. The molecule has 2 aromatic heterocycles. The third-order valence-electron chi connectivity index (χ3n) is 12.1. The zero-order chi connectivity index (χ0) is 37.5. The Bertz CT molecular complexity index is 2720. The lowest BCUT2D eigenvalue weighted by Crippen LogP contribution is -2.15. The molecule has 0 aliphatic heterocycles. The summed E-state index contributed by atoms with van der Waals surface area (Å²) >= 11 is 0. The Morgan fingerprint density at radius 2 is 1.45 bits per heavy atom. The minimum atomic E-state index is 0.270. The van der Waals surface area contributed by atoms with Crippen LogP contribution in [-0.4, -0.2) is 9.13 Å². The molecule has 2 aliphatic carbocycles. The first kappa shape index (κ1) is 34.9. The zero-order valence-corrected chi connectivity index (χ0v) is 32.6. The van der Waals surface area contributed by atoms with E-state index in [0.29, 0.717) is 5.92 Å². The van der Waals surface area contributed by atoms with Gasteiger partial charge in [0.05, 0.1) is 11.6 Å². The monoisotopic (exact) mass is 714 g/mol. The van der Waals surface area contributed by atoms with Gasteiger partial charge in [-0.2, -0.15) is 0 Å². The minimum absolute atomic E-state index is 0.270. The molecule has 9 rings (SSSR count). The molecule has 55 heavy (non-hydrogen) atoms. The molecule has 272 valence electrons. The van der Waals surface area contributed by atoms with E-state index in [1.807, 2.05) is 0 Å². The molecule has 0 saturated carbocycles. The number of nitrogens with zero attached hydrogens (tertiary/aromatic N) is 2. The van der Waals surface area contributed by atoms with Crippen LogP contribution in [0, 0.1) is 6.92 Å². The summed E-state index contributed by atoms with van der Waals surface area (Å²) in [7, 11) is 0. The molecule has 2 heteroatoms. The summed E-state index contributed by atoms with van der Waals surface area (Å²) in [5.74, 6) is 0.445. The second-order valence-electron chi connectivity index (χ2n) is 15.3. The summed E-state index contributed by atoms with van der Waals surface area (Å²) in [4.78, 5) is 0. The Kier molecular flexibility index (Phi) is 9.36. The fourth-order valence-electron chi connectivity index (χ4n) is 9.47. The molecule has 0 amide bonds. The highest BCUT2D eigenvalue weighted by molar-refractivity contribution is 6.10. The molecule has 0 fully saturated rings. The van der Waals surface area contributed by atoms with Crippen molar-refractivity contribution in [1.29, 1.82) is 0 Å². The third kappa shape index (κ3) is 6.05. The maximum atomic E-state index is 2.65. The van der Waals surface area contributed by atoms with E-state index in [9.17, 15) is 0 Å². The first-order chi connectivity index (χ1) is 27.1. The van der Waals surface area contributed by atoms with Gasteiger partial charge >= 0.3 is 0 Å². The lowest BCUT2D eigenvalue weighted by Gasteiger charge is -2.29. The van der Waals surface area contributed by atoms with Crippen LogP contribution in [0.5, 0.6) is 0 Å². The van der Waals surface area contributed by atoms with Gasteiger partial charge in [-0.05, 0) is 133 Å². The van der Waals surface area contributed by atoms with Gasteiger partial charge in [0.15, 0.2) is 0 Å². The highest BCUT2D eigenvalue weighted by Crippen LogP contribution is 2.44. The molecule has 2 unspecified atom stereocenters. The van der Waals surface area contributed by atoms with Crippen LogP contribution in [0.1, 0.15) is 86.4 Å². The lowest BCUT2D eigenvalue weighted by molar-refractivity contribution is 0.585. The largest absolute Gasteiger partial charge is 0.333 e. The first-order valence-corrected chi connectivity index (χ1v) is 20.3. The number of hydrogen-bond donors (Lipinski definition) is 0. The van der Waals surface area contributed by atoms with Gasteiger partial charge in [0.1, 0.15) is 0 Å². The molecule has 2 heterocycles. The number of benzene rings is 5. The Morgan fingerprint density at radius 3 is 2.20 bits per heavy atom. The second-order valence-corrected chi connectivity index (χ2v) is 15.3. The molecule has 0 bridgehead atoms. The summed E-state index contributed by atoms with van der Waals surface area (Å²) in [5.41, 5.74) is 17.3. The van der Waals surface area contributed by atoms with Crippen LogP contribution in [0.4, 0.5) is 0 Å². The van der Waals surface area contributed by atoms with Gasteiger partial charge in [-0.1, -0.05) is 130 Å². The summed E-state index contributed by atoms with van der Waals surface area (Å²) in [5, 5.41) is 3.97. The van der Waals surface area contributed by atoms with E-state index in [1.165, 1.54) is 83.0 Å². The van der Waals surface area contributed by atoms with Gasteiger partial charge in [-0.3, -0.25) is 0 Å². The van der Waals surface area contributed by atoms with E-state index in [0.717, 1.165) is 32.1 Å². The molecule has 5 aromatic carbocycles. The lowest BCUT2D eigenvalue weighted by atomic mass is 9.84. The van der Waals surface area contributed by atoms with Crippen molar-refractivity contribution in [1.82, 2.24) is 9.13 Å². The predicted molar refractivity (Wildman–Crippen MR) is 237 cm³/mol. The molecule has 0 N–H and O–H groups in total. The van der Waals surface area contributed by atoms with Crippen molar-refractivity contribution >= 4 is 44.4 Å². The van der Waals surface area contributed by atoms with Crippen LogP contribution in [0.15, 0.2) is 157 Å². The van der Waals surface area contributed by atoms with E-state index < -0.39 is 0 Å². The molecule has 2 atom stereocenters. The van der Waals surface area contributed by atoms with Gasteiger partial charge in [-0.15, -0.1) is 0 Å². The molecule has 0 spiro atoms. The average molecular weight is 715 g/mol. The third-order valence-corrected chi connectivity index (χ3v) is 12.1. The van der Waals surface area contributed by atoms with Crippen molar-refractivity contribution in [3.8, 4) is 16.8 Å². The maximum absolute atomic E-state index is 2.65. The van der Waals surface area contributed by atoms with Crippen molar-refractivity contribution in [3.05, 3.63) is 185 Å². The fourth-order valence-corrected chi connectivity index (χ4v) is 9.47. The number of allylic oxidation sites excluding steroid dienone is 9. The number of para-hydroxylation sites is 1. The SMILES string of the molecule is C/C=C\c1c(CC)c2cc(-c3ccc4c(c3)c3ccccc3n4C3CC=CC(c4ccccc4C)=C3CCC)ccc2n1-c1ccc(C2C=CC=CC2)cc1. The number of hydrogen-bond acceptors (Lipinski definition) is 0. The van der Waals surface area contributed by atoms with Crippen LogP contribution >= 0.6 is 0 Å². The number of aryl methyl sites for hydroxylation is 2. The molecular formula is C53H50N2. The number of rotatable bonds is 9. The Morgan fingerprint density at radius 1 is 0.709 bits per heavy atom. The van der Waals surface area contributed by atoms with Crippen molar-refractivity contribution in [2.75, 3.05) is 0 Å². The predicted octanol–water partition coefficient (Wildman–Crippen LogP) is 14.7. The standard InChI is InChI=1S/C53H50N2/c1-5-16-45-44(43-21-12-11-18-36(43)4)23-15-25-51(45)55-50-24-14-13-22-46(50)48-35-40(29-33-53(48)55)39-28-32-52-47(34-39)42(7-3)49(17-6-2)54(52)41-30-26-38(27-31-41)37-19-9-8-10-20-37/h6,8-15,17-19,21-24,26-35,37,51H,5,7,16,20,25H2,1-4H3/b17-6-. The smallest absolute Gasteiger partial charge is 0.0595 e. The Hall–Kier alpha value is -5.86. The van der Waals surface area contributed by atoms with Crippen molar-refractivity contribution in [2.24, 2.45) is 0 Å². The minimum Gasteiger partial charge on any atom is -0.333 e. The molecule has 7 aromatic rings. The average Bonchev–Trinajstić information content (AvgIpc) is 3.73. The summed E-state index contributed by atoms with van der Waals surface area (Å²) in [6.07, 6.45) is 23.4. The van der Waals surface area contributed by atoms with Crippen LogP contribution in [0.25, 0.3) is 61.2 Å². The van der Waals surface area contributed by atoms with Crippen LogP contribution in [0.2, 0.25) is 0 Å². The van der Waals surface area contributed by atoms with Gasteiger partial charge in [-0.25, -0.2) is 0 Å². The highest BCUT2D eigenvalue weighted by Gasteiger charge is 2.26. The van der Waals surface area contributed by atoms with Gasteiger partial charge < -0.3 is 9.13 Å². The topological polar surface area (TPSA) is 9.86 Å². The Balaban J connectivity index is 1.16. The number of aromatic nitrogens is 2. The maximum Gasteiger partial charge on any atom is 0.0595 e. The van der Waals surface area contributed by atoms with Gasteiger partial charge in [0.25, 0.3) is 0 Å². The molecule has 2 aliphatic rings. The van der Waals surface area contributed by atoms with Gasteiger partial charge in [0.2, 0.25) is 0 Å². The normalized spacial score (nSPS) is 17.2. The van der Waals surface area contributed by atoms with E-state index in [2.05, 4.69) is 195 Å². The molecule has 0 radical (unpaired) electrons. The highest BCUT2D eigenvalue weighted by atomic mass is 15.0. The zero-order valence-electron chi connectivity index (χ0n) is 32.6. The van der Waals surface area contributed by atoms with E-state index in [1.54, 1.807) is 5.57 Å². The first-order valence-electron chi connectivity index (χ1n) is 20.3. The van der Waals surface area contributed by atoms with E-state index in [4.69, 9.17) is 0 Å². The van der Waals surface area contributed by atoms with Gasteiger partial charge in [0, 0.05) is 44.5 Å². The quantitative estimate of drug-likeness (QED) is 0.141. The Labute approximate surface area is 326 Å². The van der Waals surface area contributed by atoms with Crippen LogP contribution in [-0.2, 0) is 6.42 Å². The summed E-state index contributed by atoms with van der Waals surface area (Å²) in [6.45, 7) is 8.97. The van der Waals surface area contributed by atoms with Crippen molar-refractivity contribution in [2.45, 2.75) is 71.8 Å². The fraction of sp³-hybridized carbons (Fsp3) is 0.208. The second kappa shape index (κ2) is 14.8. The van der Waals surface area contributed by atoms with Crippen molar-refractivity contribution < 1.29 is 0 Å². The molecule has 2 nitrogen and oxygen atoms in total.